The lowest BCUT2D eigenvalue weighted by atomic mass is 10.2. The molecule has 138 valence electrons. The Morgan fingerprint density at radius 2 is 1.68 bits per heavy atom. The van der Waals surface area contributed by atoms with Crippen LogP contribution >= 0.6 is 50.1 Å². The second-order valence-corrected chi connectivity index (χ2v) is 8.73. The van der Waals surface area contributed by atoms with E-state index >= 15 is 0 Å². The minimum atomic E-state index is -0.110. The smallest absolute Gasteiger partial charge is 0.266 e. The van der Waals surface area contributed by atoms with Crippen LogP contribution in [0.3, 0.4) is 0 Å². The Hall–Kier alpha value is -1.96. The topological polar surface area (TPSA) is 34.9 Å². The van der Waals surface area contributed by atoms with Gasteiger partial charge in [0.1, 0.15) is 5.82 Å². The average Bonchev–Trinajstić information content (AvgIpc) is 2.69. The molecule has 1 aromatic heterocycles. The molecule has 3 aromatic carbocycles. The van der Waals surface area contributed by atoms with Crippen LogP contribution in [0.2, 0.25) is 5.02 Å². The van der Waals surface area contributed by atoms with Gasteiger partial charge in [0.05, 0.1) is 16.6 Å². The SMILES string of the molecule is O=c1c2cc(I)ccc2nc(/C=C\c2ccc(Br)cc2)n1-c1ccc(Cl)cc1. The van der Waals surface area contributed by atoms with E-state index in [0.717, 1.165) is 19.3 Å². The van der Waals surface area contributed by atoms with Crippen molar-refractivity contribution < 1.29 is 0 Å². The molecule has 0 amide bonds. The molecule has 0 radical (unpaired) electrons. The maximum atomic E-state index is 13.3. The molecule has 0 aliphatic rings. The first-order chi connectivity index (χ1) is 13.5. The van der Waals surface area contributed by atoms with Crippen molar-refractivity contribution >= 4 is 73.2 Å². The Bertz CT molecular complexity index is 1250. The molecule has 28 heavy (non-hydrogen) atoms. The number of halogens is 3. The summed E-state index contributed by atoms with van der Waals surface area (Å²) in [5.74, 6) is 0.559. The van der Waals surface area contributed by atoms with E-state index in [1.807, 2.05) is 66.7 Å². The van der Waals surface area contributed by atoms with E-state index < -0.39 is 0 Å². The van der Waals surface area contributed by atoms with Gasteiger partial charge >= 0.3 is 0 Å². The standard InChI is InChI=1S/C22H13BrClIN2O/c23-15-4-1-14(2-5-15)3-12-21-26-20-11-8-17(25)13-19(20)22(28)27(21)18-9-6-16(24)7-10-18/h1-13H/b12-3-. The highest BCUT2D eigenvalue weighted by Gasteiger charge is 2.11. The van der Waals surface area contributed by atoms with Crippen molar-refractivity contribution in [3.05, 3.63) is 102 Å². The highest BCUT2D eigenvalue weighted by molar-refractivity contribution is 14.1. The molecule has 0 fully saturated rings. The number of aromatic nitrogens is 2. The number of nitrogens with zero attached hydrogens (tertiary/aromatic N) is 2. The molecular weight excluding hydrogens is 551 g/mol. The molecule has 3 nitrogen and oxygen atoms in total. The summed E-state index contributed by atoms with van der Waals surface area (Å²) in [4.78, 5) is 18.0. The Balaban J connectivity index is 1.93. The van der Waals surface area contributed by atoms with Gasteiger partial charge in [0, 0.05) is 13.1 Å². The second-order valence-electron chi connectivity index (χ2n) is 6.13. The van der Waals surface area contributed by atoms with Crippen LogP contribution in [0.15, 0.2) is 76.0 Å². The molecule has 0 spiro atoms. The summed E-state index contributed by atoms with van der Waals surface area (Å²) in [6.45, 7) is 0. The normalized spacial score (nSPS) is 11.4. The second kappa shape index (κ2) is 8.19. The number of benzene rings is 3. The van der Waals surface area contributed by atoms with Crippen LogP contribution in [0.5, 0.6) is 0 Å². The summed E-state index contributed by atoms with van der Waals surface area (Å²) in [5.41, 5.74) is 2.30. The van der Waals surface area contributed by atoms with Gasteiger partial charge in [-0.15, -0.1) is 0 Å². The van der Waals surface area contributed by atoms with Gasteiger partial charge in [-0.1, -0.05) is 45.7 Å². The van der Waals surface area contributed by atoms with Crippen molar-refractivity contribution in [3.63, 3.8) is 0 Å². The lowest BCUT2D eigenvalue weighted by Gasteiger charge is -2.12. The van der Waals surface area contributed by atoms with Crippen molar-refractivity contribution in [2.24, 2.45) is 0 Å². The zero-order valence-corrected chi connectivity index (χ0v) is 18.9. The number of rotatable bonds is 3. The van der Waals surface area contributed by atoms with Crippen molar-refractivity contribution in [1.29, 1.82) is 0 Å². The monoisotopic (exact) mass is 562 g/mol. The fraction of sp³-hybridized carbons (Fsp3) is 0. The molecule has 0 bridgehead atoms. The molecule has 0 saturated carbocycles. The maximum Gasteiger partial charge on any atom is 0.266 e. The number of hydrogen-bond acceptors (Lipinski definition) is 2. The van der Waals surface area contributed by atoms with Crippen molar-refractivity contribution in [2.75, 3.05) is 0 Å². The molecule has 0 atom stereocenters. The van der Waals surface area contributed by atoms with Gasteiger partial charge < -0.3 is 0 Å². The third-order valence-corrected chi connectivity index (χ3v) is 5.69. The Kier molecular flexibility index (Phi) is 5.66. The molecule has 1 heterocycles. The van der Waals surface area contributed by atoms with Gasteiger partial charge in [-0.05, 0) is 88.8 Å². The van der Waals surface area contributed by atoms with Crippen molar-refractivity contribution in [3.8, 4) is 5.69 Å². The largest absolute Gasteiger partial charge is 0.268 e. The van der Waals surface area contributed by atoms with Gasteiger partial charge in [-0.25, -0.2) is 4.98 Å². The van der Waals surface area contributed by atoms with E-state index in [-0.39, 0.29) is 5.56 Å². The lowest BCUT2D eigenvalue weighted by molar-refractivity contribution is 0.944. The Labute approximate surface area is 189 Å². The van der Waals surface area contributed by atoms with Crippen LogP contribution in [-0.4, -0.2) is 9.55 Å². The molecular formula is C22H13BrClIN2O. The predicted molar refractivity (Wildman–Crippen MR) is 128 cm³/mol. The van der Waals surface area contributed by atoms with Crippen LogP contribution in [0, 0.1) is 3.57 Å². The fourth-order valence-corrected chi connectivity index (χ4v) is 3.75. The molecule has 0 N–H and O–H groups in total. The highest BCUT2D eigenvalue weighted by Crippen LogP contribution is 2.19. The van der Waals surface area contributed by atoms with Crippen LogP contribution in [0.1, 0.15) is 11.4 Å². The van der Waals surface area contributed by atoms with Crippen molar-refractivity contribution in [1.82, 2.24) is 9.55 Å². The van der Waals surface area contributed by atoms with E-state index in [1.54, 1.807) is 16.7 Å². The third kappa shape index (κ3) is 4.06. The van der Waals surface area contributed by atoms with Gasteiger partial charge in [-0.2, -0.15) is 0 Å². The summed E-state index contributed by atoms with van der Waals surface area (Å²) in [7, 11) is 0. The highest BCUT2D eigenvalue weighted by atomic mass is 127. The molecule has 0 aliphatic carbocycles. The summed E-state index contributed by atoms with van der Waals surface area (Å²) < 4.78 is 3.62. The zero-order valence-electron chi connectivity index (χ0n) is 14.4. The van der Waals surface area contributed by atoms with Crippen LogP contribution in [0.25, 0.3) is 28.7 Å². The van der Waals surface area contributed by atoms with E-state index in [1.165, 1.54) is 0 Å². The van der Waals surface area contributed by atoms with E-state index in [0.29, 0.717) is 21.7 Å². The van der Waals surface area contributed by atoms with Gasteiger partial charge in [0.2, 0.25) is 0 Å². The van der Waals surface area contributed by atoms with E-state index in [4.69, 9.17) is 16.6 Å². The molecule has 6 heteroatoms. The van der Waals surface area contributed by atoms with Gasteiger partial charge in [-0.3, -0.25) is 9.36 Å². The first-order valence-corrected chi connectivity index (χ1v) is 10.7. The van der Waals surface area contributed by atoms with Gasteiger partial charge in [0.15, 0.2) is 0 Å². The van der Waals surface area contributed by atoms with E-state index in [2.05, 4.69) is 38.5 Å². The predicted octanol–water partition coefficient (Wildman–Crippen LogP) is 6.58. The molecule has 0 saturated heterocycles. The first kappa shape index (κ1) is 19.4. The number of hydrogen-bond donors (Lipinski definition) is 0. The first-order valence-electron chi connectivity index (χ1n) is 8.43. The van der Waals surface area contributed by atoms with E-state index in [9.17, 15) is 4.79 Å². The minimum Gasteiger partial charge on any atom is -0.268 e. The molecule has 4 rings (SSSR count). The zero-order chi connectivity index (χ0) is 19.7. The fourth-order valence-electron chi connectivity index (χ4n) is 2.87. The third-order valence-electron chi connectivity index (χ3n) is 4.24. The Morgan fingerprint density at radius 1 is 0.964 bits per heavy atom. The quantitative estimate of drug-likeness (QED) is 0.264. The van der Waals surface area contributed by atoms with Crippen molar-refractivity contribution in [2.45, 2.75) is 0 Å². The van der Waals surface area contributed by atoms with Crippen LogP contribution in [-0.2, 0) is 0 Å². The Morgan fingerprint density at radius 3 is 2.39 bits per heavy atom. The number of fused-ring (bicyclic) bond motifs is 1. The molecule has 4 aromatic rings. The van der Waals surface area contributed by atoms with Gasteiger partial charge in [0.25, 0.3) is 5.56 Å². The van der Waals surface area contributed by atoms with Crippen LogP contribution in [0.4, 0.5) is 0 Å². The average molecular weight is 564 g/mol. The summed E-state index contributed by atoms with van der Waals surface area (Å²) >= 11 is 11.7. The maximum absolute atomic E-state index is 13.3. The summed E-state index contributed by atoms with van der Waals surface area (Å²) in [6.07, 6.45) is 3.80. The summed E-state index contributed by atoms with van der Waals surface area (Å²) in [6, 6.07) is 20.8. The van der Waals surface area contributed by atoms with Crippen LogP contribution < -0.4 is 5.56 Å². The minimum absolute atomic E-state index is 0.110. The molecule has 0 unspecified atom stereocenters. The molecule has 0 aliphatic heterocycles. The summed E-state index contributed by atoms with van der Waals surface area (Å²) in [5, 5.41) is 1.20. The lowest BCUT2D eigenvalue weighted by Crippen LogP contribution is -2.22.